The molecule has 1 saturated carbocycles. The summed E-state index contributed by atoms with van der Waals surface area (Å²) in [4.78, 5) is 11.3. The van der Waals surface area contributed by atoms with Gasteiger partial charge in [-0.25, -0.2) is 4.39 Å². The molecule has 0 spiro atoms. The molecule has 3 rings (SSSR count). The lowest BCUT2D eigenvalue weighted by molar-refractivity contribution is -0.140. The summed E-state index contributed by atoms with van der Waals surface area (Å²) in [5.41, 5.74) is 0.975. The number of benzene rings is 1. The van der Waals surface area contributed by atoms with Crippen LogP contribution in [0.4, 0.5) is 4.39 Å². The summed E-state index contributed by atoms with van der Waals surface area (Å²) in [7, 11) is 1.42. The van der Waals surface area contributed by atoms with Crippen molar-refractivity contribution in [1.29, 1.82) is 0 Å². The minimum atomic E-state index is -0.474. The van der Waals surface area contributed by atoms with Gasteiger partial charge in [-0.3, -0.25) is 4.79 Å². The predicted molar refractivity (Wildman–Crippen MR) is 133 cm³/mol. The molecule has 1 aliphatic carbocycles. The standard InChI is InChI=1S/C29H41FO4/c1-20(2)17-21(3)26(31)16-15-24-25(9-7-5-6-8-10-28(32)33-4)29(18-27(24)34-19-29)22-11-13-23(30)14-12-22/h5,7,11-16,20-21,24-27,31H,6,8-10,17-19H2,1-4H3/b7-5-,16-15+/t21?,24-,25-,26+,27-,29-/m0/s1. The first-order valence-electron chi connectivity index (χ1n) is 12.7. The minimum Gasteiger partial charge on any atom is -0.469 e. The van der Waals surface area contributed by atoms with Gasteiger partial charge in [0.15, 0.2) is 0 Å². The Kier molecular flexibility index (Phi) is 9.49. The highest BCUT2D eigenvalue weighted by Crippen LogP contribution is 2.57. The van der Waals surface area contributed by atoms with Crippen LogP contribution in [-0.4, -0.2) is 37.0 Å². The van der Waals surface area contributed by atoms with Crippen molar-refractivity contribution < 1.29 is 23.8 Å². The normalized spacial score (nSPS) is 28.3. The third-order valence-corrected chi connectivity index (χ3v) is 7.64. The molecule has 1 N–H and O–H groups in total. The summed E-state index contributed by atoms with van der Waals surface area (Å²) < 4.78 is 24.6. The summed E-state index contributed by atoms with van der Waals surface area (Å²) in [5, 5.41) is 10.7. The van der Waals surface area contributed by atoms with Crippen LogP contribution in [0.3, 0.4) is 0 Å². The van der Waals surface area contributed by atoms with Crippen molar-refractivity contribution in [3.05, 3.63) is 60.0 Å². The highest BCUT2D eigenvalue weighted by Gasteiger charge is 2.58. The van der Waals surface area contributed by atoms with Crippen LogP contribution in [0.1, 0.15) is 64.9 Å². The first-order chi connectivity index (χ1) is 16.3. The topological polar surface area (TPSA) is 55.8 Å². The summed E-state index contributed by atoms with van der Waals surface area (Å²) in [5.74, 6) is 0.841. The fourth-order valence-corrected chi connectivity index (χ4v) is 5.85. The molecule has 6 atom stereocenters. The SMILES string of the molecule is COC(=O)CCC/C=C\C[C@H]1[C@H](/C=C/[C@@H](O)C(C)CC(C)C)[C@@H]2C[C@@]1(c1ccc(F)cc1)CO2. The van der Waals surface area contributed by atoms with Gasteiger partial charge in [0.05, 0.1) is 25.9 Å². The van der Waals surface area contributed by atoms with Gasteiger partial charge in [-0.1, -0.05) is 57.2 Å². The largest absolute Gasteiger partial charge is 0.469 e. The van der Waals surface area contributed by atoms with Gasteiger partial charge < -0.3 is 14.6 Å². The lowest BCUT2D eigenvalue weighted by Gasteiger charge is -2.38. The van der Waals surface area contributed by atoms with Crippen LogP contribution < -0.4 is 0 Å². The Balaban J connectivity index is 1.75. The summed E-state index contributed by atoms with van der Waals surface area (Å²) in [6.45, 7) is 7.09. The van der Waals surface area contributed by atoms with Crippen LogP contribution in [0.2, 0.25) is 0 Å². The van der Waals surface area contributed by atoms with E-state index < -0.39 is 6.10 Å². The second kappa shape index (κ2) is 12.1. The molecule has 2 aliphatic rings. The van der Waals surface area contributed by atoms with Gasteiger partial charge in [0.2, 0.25) is 0 Å². The maximum Gasteiger partial charge on any atom is 0.305 e. The molecule has 1 aromatic carbocycles. The molecule has 188 valence electrons. The molecule has 0 radical (unpaired) electrons. The molecule has 2 fully saturated rings. The van der Waals surface area contributed by atoms with E-state index in [9.17, 15) is 14.3 Å². The van der Waals surface area contributed by atoms with Crippen LogP contribution >= 0.6 is 0 Å². The van der Waals surface area contributed by atoms with E-state index in [2.05, 4.69) is 39.0 Å². The van der Waals surface area contributed by atoms with Crippen LogP contribution in [0.5, 0.6) is 0 Å². The van der Waals surface area contributed by atoms with Crippen molar-refractivity contribution in [3.8, 4) is 0 Å². The van der Waals surface area contributed by atoms with E-state index in [4.69, 9.17) is 9.47 Å². The Morgan fingerprint density at radius 3 is 2.68 bits per heavy atom. The zero-order valence-electron chi connectivity index (χ0n) is 21.1. The van der Waals surface area contributed by atoms with Crippen LogP contribution in [0.25, 0.3) is 0 Å². The maximum atomic E-state index is 13.7. The molecule has 2 bridgehead atoms. The number of esters is 1. The van der Waals surface area contributed by atoms with Crippen molar-refractivity contribution in [2.45, 2.75) is 76.9 Å². The van der Waals surface area contributed by atoms with Gasteiger partial charge in [-0.2, -0.15) is 0 Å². The van der Waals surface area contributed by atoms with Gasteiger partial charge in [0, 0.05) is 17.8 Å². The molecule has 4 nitrogen and oxygen atoms in total. The number of aliphatic hydroxyl groups excluding tert-OH is 1. The smallest absolute Gasteiger partial charge is 0.305 e. The van der Waals surface area contributed by atoms with Gasteiger partial charge in [0.25, 0.3) is 0 Å². The van der Waals surface area contributed by atoms with Crippen molar-refractivity contribution >= 4 is 5.97 Å². The zero-order valence-corrected chi connectivity index (χ0v) is 21.1. The van der Waals surface area contributed by atoms with Crippen LogP contribution in [0.15, 0.2) is 48.6 Å². The van der Waals surface area contributed by atoms with Gasteiger partial charge in [0.1, 0.15) is 5.82 Å². The van der Waals surface area contributed by atoms with E-state index in [-0.39, 0.29) is 35.1 Å². The molecule has 1 unspecified atom stereocenters. The molecule has 5 heteroatoms. The van der Waals surface area contributed by atoms with Crippen molar-refractivity contribution in [2.24, 2.45) is 23.7 Å². The number of halogens is 1. The zero-order chi connectivity index (χ0) is 24.7. The maximum absolute atomic E-state index is 13.7. The molecule has 1 aliphatic heterocycles. The predicted octanol–water partition coefficient (Wildman–Crippen LogP) is 5.99. The molecule has 1 aromatic rings. The van der Waals surface area contributed by atoms with E-state index in [1.807, 2.05) is 18.2 Å². The third-order valence-electron chi connectivity index (χ3n) is 7.64. The van der Waals surface area contributed by atoms with E-state index >= 15 is 0 Å². The molecule has 34 heavy (non-hydrogen) atoms. The molecular formula is C29H41FO4. The number of hydrogen-bond acceptors (Lipinski definition) is 4. The highest BCUT2D eigenvalue weighted by atomic mass is 19.1. The van der Waals surface area contributed by atoms with Crippen molar-refractivity contribution in [1.82, 2.24) is 0 Å². The average Bonchev–Trinajstić information content (AvgIpc) is 3.37. The second-order valence-electron chi connectivity index (χ2n) is 10.6. The van der Waals surface area contributed by atoms with Gasteiger partial charge in [-0.05, 0) is 67.6 Å². The second-order valence-corrected chi connectivity index (χ2v) is 10.6. The van der Waals surface area contributed by atoms with E-state index in [1.165, 1.54) is 19.2 Å². The number of aliphatic hydroxyl groups is 1. The number of carbonyl (C=O) groups is 1. The van der Waals surface area contributed by atoms with Gasteiger partial charge in [-0.15, -0.1) is 0 Å². The Morgan fingerprint density at radius 2 is 2.00 bits per heavy atom. The number of rotatable bonds is 12. The molecule has 1 heterocycles. The van der Waals surface area contributed by atoms with Crippen molar-refractivity contribution in [2.75, 3.05) is 13.7 Å². The lowest BCUT2D eigenvalue weighted by atomic mass is 9.69. The number of allylic oxidation sites excluding steroid dienone is 2. The number of methoxy groups -OCH3 is 1. The van der Waals surface area contributed by atoms with Crippen LogP contribution in [-0.2, 0) is 19.7 Å². The van der Waals surface area contributed by atoms with Crippen molar-refractivity contribution in [3.63, 3.8) is 0 Å². The Labute approximate surface area is 204 Å². The fraction of sp³-hybridized carbons (Fsp3) is 0.621. The summed E-state index contributed by atoms with van der Waals surface area (Å²) in [6, 6.07) is 6.88. The van der Waals surface area contributed by atoms with Gasteiger partial charge >= 0.3 is 5.97 Å². The first kappa shape index (κ1) is 26.6. The van der Waals surface area contributed by atoms with E-state index in [0.717, 1.165) is 37.7 Å². The highest BCUT2D eigenvalue weighted by molar-refractivity contribution is 5.69. The lowest BCUT2D eigenvalue weighted by Crippen LogP contribution is -2.39. The summed E-state index contributed by atoms with van der Waals surface area (Å²) >= 11 is 0. The summed E-state index contributed by atoms with van der Waals surface area (Å²) in [6.07, 6.45) is 12.9. The van der Waals surface area contributed by atoms with Crippen LogP contribution in [0, 0.1) is 29.5 Å². The molecule has 0 amide bonds. The quantitative estimate of drug-likeness (QED) is 0.231. The Morgan fingerprint density at radius 1 is 1.26 bits per heavy atom. The number of hydrogen-bond donors (Lipinski definition) is 1. The third kappa shape index (κ3) is 6.37. The number of fused-ring (bicyclic) bond motifs is 2. The van der Waals surface area contributed by atoms with E-state index in [1.54, 1.807) is 0 Å². The number of ether oxygens (including phenoxy) is 2. The molecule has 0 aromatic heterocycles. The Bertz CT molecular complexity index is 846. The van der Waals surface area contributed by atoms with E-state index in [0.29, 0.717) is 24.9 Å². The monoisotopic (exact) mass is 472 g/mol. The number of carbonyl (C=O) groups excluding carboxylic acids is 1. The average molecular weight is 473 g/mol. The number of unbranched alkanes of at least 4 members (excludes halogenated alkanes) is 1. The molecule has 1 saturated heterocycles. The fourth-order valence-electron chi connectivity index (χ4n) is 5.85. The minimum absolute atomic E-state index is 0.103. The first-order valence-corrected chi connectivity index (χ1v) is 12.7. The molecular weight excluding hydrogens is 431 g/mol. The Hall–Kier alpha value is -1.98.